The van der Waals surface area contributed by atoms with E-state index < -0.39 is 0 Å². The third-order valence-electron chi connectivity index (χ3n) is 6.68. The topological polar surface area (TPSA) is 93.2 Å². The Morgan fingerprint density at radius 2 is 1.78 bits per heavy atom. The van der Waals surface area contributed by atoms with Crippen LogP contribution in [0.15, 0.2) is 54.6 Å². The predicted octanol–water partition coefficient (Wildman–Crippen LogP) is 4.70. The fourth-order valence-electron chi connectivity index (χ4n) is 4.77. The Bertz CT molecular complexity index is 1360. The van der Waals surface area contributed by atoms with E-state index in [1.165, 1.54) is 6.07 Å². The number of hydrogen-bond donors (Lipinski definition) is 0. The highest BCUT2D eigenvalue weighted by molar-refractivity contribution is 5.91. The summed E-state index contributed by atoms with van der Waals surface area (Å²) in [6.45, 7) is 8.25. The number of non-ortho nitro benzene ring substituents is 1. The lowest BCUT2D eigenvalue weighted by Crippen LogP contribution is -2.46. The molecule has 186 valence electrons. The number of nitro groups is 1. The third-order valence-corrected chi connectivity index (χ3v) is 6.68. The lowest BCUT2D eigenvalue weighted by atomic mass is 10.1. The molecule has 9 heteroatoms. The number of benzene rings is 2. The maximum atomic E-state index is 11.1. The number of hydrogen-bond acceptors (Lipinski definition) is 7. The van der Waals surface area contributed by atoms with E-state index in [0.29, 0.717) is 6.54 Å². The molecule has 36 heavy (non-hydrogen) atoms. The fraction of sp³-hybridized carbons (Fsp3) is 0.370. The summed E-state index contributed by atoms with van der Waals surface area (Å²) < 4.78 is 1.93. The third kappa shape index (κ3) is 4.92. The Balaban J connectivity index is 1.42. The molecule has 9 nitrogen and oxygen atoms in total. The van der Waals surface area contributed by atoms with Gasteiger partial charge in [-0.2, -0.15) is 5.10 Å². The van der Waals surface area contributed by atoms with E-state index in [2.05, 4.69) is 16.7 Å². The number of nitrogens with zero attached hydrogens (tertiary/aromatic N) is 7. The van der Waals surface area contributed by atoms with Crippen molar-refractivity contribution in [2.75, 3.05) is 31.1 Å². The number of aromatic nitrogens is 4. The summed E-state index contributed by atoms with van der Waals surface area (Å²) in [4.78, 5) is 25.5. The molecule has 2 aromatic heterocycles. The molecule has 0 radical (unpaired) electrons. The fourth-order valence-corrected chi connectivity index (χ4v) is 4.77. The van der Waals surface area contributed by atoms with Gasteiger partial charge >= 0.3 is 0 Å². The van der Waals surface area contributed by atoms with Gasteiger partial charge in [-0.15, -0.1) is 0 Å². The molecule has 3 heterocycles. The van der Waals surface area contributed by atoms with Crippen molar-refractivity contribution >= 4 is 22.5 Å². The molecule has 0 unspecified atom stereocenters. The van der Waals surface area contributed by atoms with Crippen LogP contribution in [0.5, 0.6) is 0 Å². The van der Waals surface area contributed by atoms with Gasteiger partial charge in [0.2, 0.25) is 0 Å². The normalized spacial score (nSPS) is 14.4. The Kier molecular flexibility index (Phi) is 6.90. The molecular weight excluding hydrogens is 454 g/mol. The second kappa shape index (κ2) is 10.4. The van der Waals surface area contributed by atoms with E-state index in [0.717, 1.165) is 85.1 Å². The van der Waals surface area contributed by atoms with Crippen LogP contribution in [0.4, 0.5) is 11.5 Å². The van der Waals surface area contributed by atoms with Gasteiger partial charge in [0.1, 0.15) is 11.6 Å². The van der Waals surface area contributed by atoms with Gasteiger partial charge in [0, 0.05) is 51.3 Å². The average molecular weight is 486 g/mol. The minimum absolute atomic E-state index is 0.139. The standard InChI is InChI=1S/C27H31N7O2/c1-3-4-13-24-28-26(25-20(2)30-33(27(25)29-24)22-10-6-5-7-11-22)32-16-14-31(15-17-32)19-21-9-8-12-23(18-21)34(35)36/h5-12,18H,3-4,13-17,19H2,1-2H3. The van der Waals surface area contributed by atoms with Crippen LogP contribution in [0.3, 0.4) is 0 Å². The molecule has 2 aromatic carbocycles. The smallest absolute Gasteiger partial charge is 0.269 e. The van der Waals surface area contributed by atoms with Crippen molar-refractivity contribution < 1.29 is 4.92 Å². The first-order chi connectivity index (χ1) is 17.5. The zero-order valence-corrected chi connectivity index (χ0v) is 20.8. The maximum Gasteiger partial charge on any atom is 0.269 e. The largest absolute Gasteiger partial charge is 0.353 e. The SMILES string of the molecule is CCCCc1nc(N2CCN(Cc3cccc([N+](=O)[O-])c3)CC2)c2c(C)nn(-c3ccccc3)c2n1. The van der Waals surface area contributed by atoms with E-state index in [4.69, 9.17) is 15.1 Å². The summed E-state index contributed by atoms with van der Waals surface area (Å²) >= 11 is 0. The van der Waals surface area contributed by atoms with Crippen molar-refractivity contribution in [3.05, 3.63) is 81.8 Å². The zero-order valence-electron chi connectivity index (χ0n) is 20.8. The van der Waals surface area contributed by atoms with Gasteiger partial charge in [-0.05, 0) is 31.0 Å². The molecule has 0 N–H and O–H groups in total. The van der Waals surface area contributed by atoms with Gasteiger partial charge in [0.25, 0.3) is 5.69 Å². The Morgan fingerprint density at radius 3 is 2.50 bits per heavy atom. The number of fused-ring (bicyclic) bond motifs is 1. The second-order valence-electron chi connectivity index (χ2n) is 9.29. The summed E-state index contributed by atoms with van der Waals surface area (Å²) in [6, 6.07) is 17.0. The van der Waals surface area contributed by atoms with Gasteiger partial charge in [0.05, 0.1) is 21.7 Å². The molecule has 1 aliphatic rings. The van der Waals surface area contributed by atoms with Crippen molar-refractivity contribution in [2.45, 2.75) is 39.7 Å². The maximum absolute atomic E-state index is 11.1. The number of rotatable bonds is 8. The van der Waals surface area contributed by atoms with Gasteiger partial charge in [0.15, 0.2) is 5.65 Å². The summed E-state index contributed by atoms with van der Waals surface area (Å²) in [7, 11) is 0. The molecule has 0 aliphatic carbocycles. The number of para-hydroxylation sites is 1. The quantitative estimate of drug-likeness (QED) is 0.264. The van der Waals surface area contributed by atoms with Crippen molar-refractivity contribution in [2.24, 2.45) is 0 Å². The Hall–Kier alpha value is -3.85. The minimum atomic E-state index is -0.337. The van der Waals surface area contributed by atoms with Crippen LogP contribution < -0.4 is 4.90 Å². The van der Waals surface area contributed by atoms with E-state index >= 15 is 0 Å². The highest BCUT2D eigenvalue weighted by Crippen LogP contribution is 2.30. The van der Waals surface area contributed by atoms with Crippen molar-refractivity contribution in [3.63, 3.8) is 0 Å². The molecule has 1 saturated heterocycles. The first-order valence-electron chi connectivity index (χ1n) is 12.6. The summed E-state index contributed by atoms with van der Waals surface area (Å²) in [6.07, 6.45) is 2.97. The Labute approximate surface area is 210 Å². The van der Waals surface area contributed by atoms with E-state index in [-0.39, 0.29) is 10.6 Å². The molecule has 1 aliphatic heterocycles. The predicted molar refractivity (Wildman–Crippen MR) is 141 cm³/mol. The van der Waals surface area contributed by atoms with Gasteiger partial charge < -0.3 is 4.90 Å². The minimum Gasteiger partial charge on any atom is -0.353 e. The molecule has 0 bridgehead atoms. The average Bonchev–Trinajstić information content (AvgIpc) is 3.24. The molecule has 5 rings (SSSR count). The summed E-state index contributed by atoms with van der Waals surface area (Å²) in [5.74, 6) is 1.82. The monoisotopic (exact) mass is 485 g/mol. The zero-order chi connectivity index (χ0) is 25.1. The van der Waals surface area contributed by atoms with Crippen molar-refractivity contribution in [1.29, 1.82) is 0 Å². The van der Waals surface area contributed by atoms with Crippen LogP contribution >= 0.6 is 0 Å². The lowest BCUT2D eigenvalue weighted by molar-refractivity contribution is -0.384. The van der Waals surface area contributed by atoms with Crippen LogP contribution in [0.1, 0.15) is 36.8 Å². The van der Waals surface area contributed by atoms with Crippen LogP contribution in [0.2, 0.25) is 0 Å². The number of unbranched alkanes of at least 4 members (excludes halogenated alkanes) is 1. The van der Waals surface area contributed by atoms with Crippen molar-refractivity contribution in [3.8, 4) is 5.69 Å². The second-order valence-corrected chi connectivity index (χ2v) is 9.29. The molecule has 0 saturated carbocycles. The summed E-state index contributed by atoms with van der Waals surface area (Å²) in [5.41, 5.74) is 3.87. The number of aryl methyl sites for hydroxylation is 2. The van der Waals surface area contributed by atoms with Gasteiger partial charge in [-0.3, -0.25) is 15.0 Å². The van der Waals surface area contributed by atoms with E-state index in [1.54, 1.807) is 12.1 Å². The van der Waals surface area contributed by atoms with E-state index in [9.17, 15) is 10.1 Å². The molecule has 0 spiro atoms. The molecular formula is C27H31N7O2. The lowest BCUT2D eigenvalue weighted by Gasteiger charge is -2.35. The van der Waals surface area contributed by atoms with Crippen LogP contribution in [0, 0.1) is 17.0 Å². The van der Waals surface area contributed by atoms with Crippen LogP contribution in [0.25, 0.3) is 16.7 Å². The highest BCUT2D eigenvalue weighted by atomic mass is 16.6. The number of piperazine rings is 1. The summed E-state index contributed by atoms with van der Waals surface area (Å²) in [5, 5.41) is 17.0. The van der Waals surface area contributed by atoms with Crippen LogP contribution in [-0.4, -0.2) is 55.8 Å². The molecule has 0 atom stereocenters. The molecule has 0 amide bonds. The van der Waals surface area contributed by atoms with E-state index in [1.807, 2.05) is 48.0 Å². The number of anilines is 1. The first kappa shape index (κ1) is 23.9. The molecule has 1 fully saturated rings. The first-order valence-corrected chi connectivity index (χ1v) is 12.6. The van der Waals surface area contributed by atoms with Gasteiger partial charge in [-0.1, -0.05) is 43.7 Å². The van der Waals surface area contributed by atoms with Gasteiger partial charge in [-0.25, -0.2) is 14.6 Å². The molecule has 4 aromatic rings. The Morgan fingerprint density at radius 1 is 1.00 bits per heavy atom. The van der Waals surface area contributed by atoms with Crippen molar-refractivity contribution in [1.82, 2.24) is 24.6 Å². The van der Waals surface area contributed by atoms with Crippen LogP contribution in [-0.2, 0) is 13.0 Å². The number of nitro benzene ring substituents is 1. The highest BCUT2D eigenvalue weighted by Gasteiger charge is 2.25.